The summed E-state index contributed by atoms with van der Waals surface area (Å²) in [5.41, 5.74) is 7.15. The van der Waals surface area contributed by atoms with Crippen molar-refractivity contribution in [2.24, 2.45) is 0 Å². The zero-order chi connectivity index (χ0) is 13.1. The van der Waals surface area contributed by atoms with Gasteiger partial charge < -0.3 is 5.73 Å². The number of nitrogens with two attached hydrogens (primary N) is 1. The van der Waals surface area contributed by atoms with Gasteiger partial charge >= 0.3 is 0 Å². The number of hydrogen-bond donors (Lipinski definition) is 3. The van der Waals surface area contributed by atoms with E-state index in [9.17, 15) is 4.79 Å². The van der Waals surface area contributed by atoms with Crippen molar-refractivity contribution in [3.63, 3.8) is 0 Å². The van der Waals surface area contributed by atoms with Crippen LogP contribution in [0.2, 0.25) is 0 Å². The number of nitrogens with zero attached hydrogens (tertiary/aromatic N) is 3. The molecule has 0 bridgehead atoms. The van der Waals surface area contributed by atoms with Crippen molar-refractivity contribution in [2.75, 3.05) is 11.1 Å². The molecular weight excluding hydrogens is 252 g/mol. The quantitative estimate of drug-likeness (QED) is 0.770. The molecule has 0 spiro atoms. The van der Waals surface area contributed by atoms with E-state index in [1.807, 2.05) is 13.8 Å². The number of carbonyl (C=O) groups is 1. The average molecular weight is 266 g/mol. The maximum absolute atomic E-state index is 11.9. The van der Waals surface area contributed by atoms with Crippen LogP contribution in [0.3, 0.4) is 0 Å². The summed E-state index contributed by atoms with van der Waals surface area (Å²) < 4.78 is 0. The standard InChI is InChI=1S/C10H14N6OS/c1-3-5-7(11)8(15-13-5)9(17)12-10-16-14-6(4-2)18-10/h3-4,11H2,1-2H3,(H,13,15)(H,12,16,17). The van der Waals surface area contributed by atoms with Crippen molar-refractivity contribution in [3.05, 3.63) is 16.4 Å². The van der Waals surface area contributed by atoms with Crippen LogP contribution in [0.25, 0.3) is 0 Å². The summed E-state index contributed by atoms with van der Waals surface area (Å²) in [6.07, 6.45) is 1.49. The van der Waals surface area contributed by atoms with Crippen LogP contribution >= 0.6 is 11.3 Å². The number of aromatic amines is 1. The third-order valence-corrected chi connectivity index (χ3v) is 3.42. The lowest BCUT2D eigenvalue weighted by atomic mass is 10.2. The number of anilines is 2. The third-order valence-electron chi connectivity index (χ3n) is 2.44. The van der Waals surface area contributed by atoms with Crippen molar-refractivity contribution in [2.45, 2.75) is 26.7 Å². The minimum absolute atomic E-state index is 0.195. The van der Waals surface area contributed by atoms with Crippen LogP contribution in [0.4, 0.5) is 10.8 Å². The zero-order valence-corrected chi connectivity index (χ0v) is 11.0. The molecule has 8 heteroatoms. The van der Waals surface area contributed by atoms with E-state index in [0.29, 0.717) is 17.2 Å². The Morgan fingerprint density at radius 2 is 2.17 bits per heavy atom. The van der Waals surface area contributed by atoms with Gasteiger partial charge in [0.1, 0.15) is 5.01 Å². The number of nitrogens with one attached hydrogen (secondary N) is 2. The first-order chi connectivity index (χ1) is 8.65. The molecule has 96 valence electrons. The molecular formula is C10H14N6OS. The fraction of sp³-hybridized carbons (Fsp3) is 0.400. The summed E-state index contributed by atoms with van der Waals surface area (Å²) in [6.45, 7) is 3.91. The van der Waals surface area contributed by atoms with Gasteiger partial charge in [0.25, 0.3) is 5.91 Å². The lowest BCUT2D eigenvalue weighted by molar-refractivity contribution is 0.102. The van der Waals surface area contributed by atoms with Gasteiger partial charge in [0.15, 0.2) is 5.69 Å². The largest absolute Gasteiger partial charge is 0.395 e. The van der Waals surface area contributed by atoms with E-state index in [1.54, 1.807) is 0 Å². The second kappa shape index (κ2) is 5.13. The van der Waals surface area contributed by atoms with Crippen LogP contribution in [0, 0.1) is 0 Å². The highest BCUT2D eigenvalue weighted by atomic mass is 32.1. The molecule has 2 aromatic rings. The molecule has 4 N–H and O–H groups in total. The monoisotopic (exact) mass is 266 g/mol. The smallest absolute Gasteiger partial charge is 0.280 e. The van der Waals surface area contributed by atoms with Crippen LogP contribution in [0.1, 0.15) is 35.0 Å². The summed E-state index contributed by atoms with van der Waals surface area (Å²) in [4.78, 5) is 11.9. The number of nitrogen functional groups attached to an aromatic ring is 1. The Balaban J connectivity index is 2.14. The minimum atomic E-state index is -0.373. The molecule has 0 aromatic carbocycles. The highest BCUT2D eigenvalue weighted by Crippen LogP contribution is 2.19. The van der Waals surface area contributed by atoms with Gasteiger partial charge in [0.2, 0.25) is 5.13 Å². The molecule has 0 atom stereocenters. The highest BCUT2D eigenvalue weighted by molar-refractivity contribution is 7.15. The predicted octanol–water partition coefficient (Wildman–Crippen LogP) is 1.22. The van der Waals surface area contributed by atoms with Gasteiger partial charge in [-0.3, -0.25) is 15.2 Å². The van der Waals surface area contributed by atoms with E-state index in [1.165, 1.54) is 11.3 Å². The molecule has 0 aliphatic carbocycles. The number of H-pyrrole nitrogens is 1. The Morgan fingerprint density at radius 1 is 1.39 bits per heavy atom. The summed E-state index contributed by atoms with van der Waals surface area (Å²) in [5, 5.41) is 18.4. The first-order valence-electron chi connectivity index (χ1n) is 5.62. The van der Waals surface area contributed by atoms with E-state index >= 15 is 0 Å². The van der Waals surface area contributed by atoms with Crippen LogP contribution in [-0.4, -0.2) is 26.3 Å². The van der Waals surface area contributed by atoms with Gasteiger partial charge in [-0.1, -0.05) is 25.2 Å². The van der Waals surface area contributed by atoms with Gasteiger partial charge in [-0.15, -0.1) is 10.2 Å². The first kappa shape index (κ1) is 12.5. The molecule has 0 aliphatic heterocycles. The number of amides is 1. The molecule has 0 saturated carbocycles. The van der Waals surface area contributed by atoms with Gasteiger partial charge in [-0.05, 0) is 12.8 Å². The molecule has 2 heterocycles. The Bertz CT molecular complexity index is 560. The third kappa shape index (κ3) is 2.33. The number of hydrogen-bond acceptors (Lipinski definition) is 6. The molecule has 0 aliphatic rings. The summed E-state index contributed by atoms with van der Waals surface area (Å²) in [5.74, 6) is -0.373. The molecule has 0 saturated heterocycles. The number of rotatable bonds is 4. The fourth-order valence-electron chi connectivity index (χ4n) is 1.43. The van der Waals surface area contributed by atoms with E-state index < -0.39 is 0 Å². The highest BCUT2D eigenvalue weighted by Gasteiger charge is 2.17. The number of carbonyl (C=O) groups excluding carboxylic acids is 1. The predicted molar refractivity (Wildman–Crippen MR) is 69.6 cm³/mol. The molecule has 18 heavy (non-hydrogen) atoms. The van der Waals surface area contributed by atoms with E-state index in [2.05, 4.69) is 25.7 Å². The van der Waals surface area contributed by atoms with Crippen molar-refractivity contribution in [3.8, 4) is 0 Å². The summed E-state index contributed by atoms with van der Waals surface area (Å²) >= 11 is 1.34. The van der Waals surface area contributed by atoms with Crippen LogP contribution in [0.5, 0.6) is 0 Å². The number of aromatic nitrogens is 4. The molecule has 0 fully saturated rings. The zero-order valence-electron chi connectivity index (χ0n) is 10.1. The van der Waals surface area contributed by atoms with Crippen LogP contribution in [-0.2, 0) is 12.8 Å². The second-order valence-electron chi connectivity index (χ2n) is 3.63. The molecule has 0 radical (unpaired) electrons. The SMILES string of the molecule is CCc1nnc(NC(=O)c2n[nH]c(CC)c2N)s1. The van der Waals surface area contributed by atoms with Gasteiger partial charge in [0.05, 0.1) is 11.4 Å². The molecule has 1 amide bonds. The van der Waals surface area contributed by atoms with E-state index in [-0.39, 0.29) is 11.6 Å². The Labute approximate surface area is 108 Å². The molecule has 2 aromatic heterocycles. The van der Waals surface area contributed by atoms with Gasteiger partial charge in [-0.2, -0.15) is 5.10 Å². The number of aryl methyl sites for hydroxylation is 2. The topological polar surface area (TPSA) is 110 Å². The average Bonchev–Trinajstić information content (AvgIpc) is 2.95. The lowest BCUT2D eigenvalue weighted by Gasteiger charge is -1.98. The van der Waals surface area contributed by atoms with Crippen molar-refractivity contribution in [1.82, 2.24) is 20.4 Å². The van der Waals surface area contributed by atoms with Gasteiger partial charge in [-0.25, -0.2) is 0 Å². The van der Waals surface area contributed by atoms with Crippen molar-refractivity contribution < 1.29 is 4.79 Å². The minimum Gasteiger partial charge on any atom is -0.395 e. The van der Waals surface area contributed by atoms with E-state index in [0.717, 1.165) is 17.1 Å². The maximum Gasteiger partial charge on any atom is 0.280 e. The Morgan fingerprint density at radius 3 is 2.72 bits per heavy atom. The summed E-state index contributed by atoms with van der Waals surface area (Å²) in [6, 6.07) is 0. The first-order valence-corrected chi connectivity index (χ1v) is 6.43. The Kier molecular flexibility index (Phi) is 3.56. The molecule has 2 rings (SSSR count). The van der Waals surface area contributed by atoms with E-state index in [4.69, 9.17) is 5.73 Å². The lowest BCUT2D eigenvalue weighted by Crippen LogP contribution is -2.14. The Hall–Kier alpha value is -1.96. The molecule has 0 unspecified atom stereocenters. The van der Waals surface area contributed by atoms with Crippen molar-refractivity contribution in [1.29, 1.82) is 0 Å². The maximum atomic E-state index is 11.9. The normalized spacial score (nSPS) is 10.6. The van der Waals surface area contributed by atoms with Gasteiger partial charge in [0, 0.05) is 0 Å². The fourth-order valence-corrected chi connectivity index (χ4v) is 2.11. The molecule has 7 nitrogen and oxygen atoms in total. The van der Waals surface area contributed by atoms with Crippen molar-refractivity contribution >= 4 is 28.1 Å². The van der Waals surface area contributed by atoms with Crippen LogP contribution in [0.15, 0.2) is 0 Å². The van der Waals surface area contributed by atoms with Crippen LogP contribution < -0.4 is 11.1 Å². The second-order valence-corrected chi connectivity index (χ2v) is 4.69. The summed E-state index contributed by atoms with van der Waals surface area (Å²) in [7, 11) is 0.